The third-order valence-corrected chi connectivity index (χ3v) is 6.18. The van der Waals surface area contributed by atoms with E-state index in [1.54, 1.807) is 23.3 Å². The van der Waals surface area contributed by atoms with E-state index in [0.29, 0.717) is 6.54 Å². The first kappa shape index (κ1) is 18.4. The highest BCUT2D eigenvalue weighted by molar-refractivity contribution is 7.91. The van der Waals surface area contributed by atoms with E-state index in [1.807, 2.05) is 6.92 Å². The summed E-state index contributed by atoms with van der Waals surface area (Å²) in [5, 5.41) is 4.89. The molecule has 1 fully saturated rings. The van der Waals surface area contributed by atoms with Crippen molar-refractivity contribution in [2.24, 2.45) is 0 Å². The molecule has 1 aromatic rings. The lowest BCUT2D eigenvalue weighted by Crippen LogP contribution is -2.57. The van der Waals surface area contributed by atoms with Crippen LogP contribution in [0.5, 0.6) is 0 Å². The topological polar surface area (TPSA) is 78.5 Å². The van der Waals surface area contributed by atoms with Crippen molar-refractivity contribution in [3.8, 4) is 0 Å². The van der Waals surface area contributed by atoms with Crippen molar-refractivity contribution in [2.75, 3.05) is 19.6 Å². The van der Waals surface area contributed by atoms with E-state index in [-0.39, 0.29) is 28.6 Å². The molecule has 1 aliphatic heterocycles. The molecule has 1 amide bonds. The van der Waals surface area contributed by atoms with Crippen molar-refractivity contribution >= 4 is 39.7 Å². The van der Waals surface area contributed by atoms with Gasteiger partial charge in [0.15, 0.2) is 0 Å². The van der Waals surface area contributed by atoms with Crippen molar-refractivity contribution in [1.29, 1.82) is 0 Å². The number of halogens is 1. The zero-order chi connectivity index (χ0) is 14.8. The molecular formula is C12H20ClN3O3S2. The van der Waals surface area contributed by atoms with E-state index in [1.165, 1.54) is 6.07 Å². The van der Waals surface area contributed by atoms with Crippen molar-refractivity contribution in [3.63, 3.8) is 0 Å². The van der Waals surface area contributed by atoms with E-state index in [2.05, 4.69) is 10.0 Å². The predicted molar refractivity (Wildman–Crippen MR) is 85.4 cm³/mol. The molecule has 6 nitrogen and oxygen atoms in total. The average Bonchev–Trinajstić information content (AvgIpc) is 2.92. The van der Waals surface area contributed by atoms with Crippen LogP contribution in [0.15, 0.2) is 21.7 Å². The highest BCUT2D eigenvalue weighted by Crippen LogP contribution is 2.16. The molecule has 0 spiro atoms. The largest absolute Gasteiger partial charge is 0.336 e. The second kappa shape index (κ2) is 7.55. The molecule has 0 radical (unpaired) electrons. The van der Waals surface area contributed by atoms with Crippen LogP contribution in [-0.4, -0.2) is 50.9 Å². The Morgan fingerprint density at radius 1 is 1.57 bits per heavy atom. The van der Waals surface area contributed by atoms with Gasteiger partial charge in [-0.2, -0.15) is 4.72 Å². The number of hydrogen-bond donors (Lipinski definition) is 2. The zero-order valence-corrected chi connectivity index (χ0v) is 14.4. The number of piperazine rings is 1. The molecule has 2 rings (SSSR count). The number of carbonyl (C=O) groups excluding carboxylic acids is 1. The number of sulfonamides is 1. The summed E-state index contributed by atoms with van der Waals surface area (Å²) < 4.78 is 26.9. The van der Waals surface area contributed by atoms with Gasteiger partial charge < -0.3 is 10.2 Å². The van der Waals surface area contributed by atoms with Crippen LogP contribution in [-0.2, 0) is 14.8 Å². The van der Waals surface area contributed by atoms with E-state index in [0.717, 1.165) is 24.4 Å². The molecular weight excluding hydrogens is 334 g/mol. The van der Waals surface area contributed by atoms with Crippen LogP contribution < -0.4 is 10.0 Å². The van der Waals surface area contributed by atoms with E-state index >= 15 is 0 Å². The summed E-state index contributed by atoms with van der Waals surface area (Å²) in [4.78, 5) is 14.1. The Bertz CT molecular complexity index is 562. The van der Waals surface area contributed by atoms with Crippen molar-refractivity contribution in [3.05, 3.63) is 17.5 Å². The summed E-state index contributed by atoms with van der Waals surface area (Å²) in [5.74, 6) is -0.181. The molecule has 2 atom stereocenters. The van der Waals surface area contributed by atoms with E-state index in [4.69, 9.17) is 0 Å². The third-order valence-electron chi connectivity index (χ3n) is 3.25. The minimum Gasteiger partial charge on any atom is -0.336 e. The summed E-state index contributed by atoms with van der Waals surface area (Å²) in [6.45, 7) is 5.61. The predicted octanol–water partition coefficient (Wildman–Crippen LogP) is 0.657. The van der Waals surface area contributed by atoms with Crippen LogP contribution in [0.4, 0.5) is 0 Å². The van der Waals surface area contributed by atoms with Crippen LogP contribution in [0.2, 0.25) is 0 Å². The summed E-state index contributed by atoms with van der Waals surface area (Å²) in [5.41, 5.74) is 0. The normalized spacial score (nSPS) is 20.7. The molecule has 0 saturated carbocycles. The standard InChI is InChI=1S/C12H19N3O3S2.ClH/c1-9-8-13-5-6-15(9)12(16)10(2)14-20(17,18)11-4-3-7-19-11;/h3-4,7,9-10,13-14H,5-6,8H2,1-2H3;1H/t9-,10?;/m1./s1. The fraction of sp³-hybridized carbons (Fsp3) is 0.583. The van der Waals surface area contributed by atoms with Gasteiger partial charge in [-0.15, -0.1) is 23.7 Å². The number of hydrogen-bond acceptors (Lipinski definition) is 5. The maximum atomic E-state index is 12.3. The zero-order valence-electron chi connectivity index (χ0n) is 11.9. The van der Waals surface area contributed by atoms with E-state index < -0.39 is 16.1 Å². The van der Waals surface area contributed by atoms with Gasteiger partial charge in [-0.1, -0.05) is 6.07 Å². The molecule has 1 saturated heterocycles. The first-order valence-corrected chi connectivity index (χ1v) is 8.85. The van der Waals surface area contributed by atoms with Crippen molar-refractivity contribution in [2.45, 2.75) is 30.1 Å². The van der Waals surface area contributed by atoms with Crippen LogP contribution in [0.1, 0.15) is 13.8 Å². The van der Waals surface area contributed by atoms with Crippen LogP contribution >= 0.6 is 23.7 Å². The summed E-state index contributed by atoms with van der Waals surface area (Å²) in [6, 6.07) is 2.51. The molecule has 0 aliphatic carbocycles. The maximum Gasteiger partial charge on any atom is 0.250 e. The van der Waals surface area contributed by atoms with Gasteiger partial charge in [-0.25, -0.2) is 8.42 Å². The first-order valence-electron chi connectivity index (χ1n) is 6.49. The lowest BCUT2D eigenvalue weighted by Gasteiger charge is -2.35. The maximum absolute atomic E-state index is 12.3. The average molecular weight is 354 g/mol. The highest BCUT2D eigenvalue weighted by Gasteiger charge is 2.29. The van der Waals surface area contributed by atoms with Crippen molar-refractivity contribution < 1.29 is 13.2 Å². The Balaban J connectivity index is 0.00000220. The minimum absolute atomic E-state index is 0. The SMILES string of the molecule is CC(NS(=O)(=O)c1cccs1)C(=O)N1CCNC[C@H]1C.Cl. The van der Waals surface area contributed by atoms with Crippen LogP contribution in [0, 0.1) is 0 Å². The lowest BCUT2D eigenvalue weighted by molar-refractivity contribution is -0.135. The molecule has 120 valence electrons. The molecule has 1 aromatic heterocycles. The molecule has 0 aromatic carbocycles. The highest BCUT2D eigenvalue weighted by atomic mass is 35.5. The Kier molecular flexibility index (Phi) is 6.61. The Hall–Kier alpha value is -0.670. The molecule has 21 heavy (non-hydrogen) atoms. The van der Waals surface area contributed by atoms with Crippen LogP contribution in [0.25, 0.3) is 0 Å². The number of nitrogens with one attached hydrogen (secondary N) is 2. The molecule has 1 aliphatic rings. The second-order valence-corrected chi connectivity index (χ2v) is 7.75. The summed E-state index contributed by atoms with van der Waals surface area (Å²) in [6.07, 6.45) is 0. The monoisotopic (exact) mass is 353 g/mol. The van der Waals surface area contributed by atoms with Gasteiger partial charge >= 0.3 is 0 Å². The summed E-state index contributed by atoms with van der Waals surface area (Å²) in [7, 11) is -3.61. The van der Waals surface area contributed by atoms with Gasteiger partial charge in [0.1, 0.15) is 4.21 Å². The molecule has 1 unspecified atom stereocenters. The van der Waals surface area contributed by atoms with Crippen molar-refractivity contribution in [1.82, 2.24) is 14.9 Å². The fourth-order valence-corrected chi connectivity index (χ4v) is 4.38. The van der Waals surface area contributed by atoms with Crippen LogP contribution in [0.3, 0.4) is 0 Å². The second-order valence-electron chi connectivity index (χ2n) is 4.86. The lowest BCUT2D eigenvalue weighted by atomic mass is 10.2. The first-order chi connectivity index (χ1) is 9.42. The van der Waals surface area contributed by atoms with Gasteiger partial charge in [0, 0.05) is 25.7 Å². The minimum atomic E-state index is -3.61. The number of rotatable bonds is 4. The van der Waals surface area contributed by atoms with Gasteiger partial charge in [-0.05, 0) is 25.3 Å². The fourth-order valence-electron chi connectivity index (χ4n) is 2.17. The van der Waals surface area contributed by atoms with Gasteiger partial charge in [0.2, 0.25) is 5.91 Å². The number of carbonyl (C=O) groups is 1. The van der Waals surface area contributed by atoms with Gasteiger partial charge in [-0.3, -0.25) is 4.79 Å². The number of thiophene rings is 1. The van der Waals surface area contributed by atoms with Gasteiger partial charge in [0.05, 0.1) is 6.04 Å². The smallest absolute Gasteiger partial charge is 0.250 e. The Labute approximate surface area is 135 Å². The quantitative estimate of drug-likeness (QED) is 0.833. The summed E-state index contributed by atoms with van der Waals surface area (Å²) >= 11 is 1.13. The molecule has 2 N–H and O–H groups in total. The third kappa shape index (κ3) is 4.40. The Morgan fingerprint density at radius 2 is 2.29 bits per heavy atom. The van der Waals surface area contributed by atoms with Gasteiger partial charge in [0.25, 0.3) is 10.0 Å². The van der Waals surface area contributed by atoms with E-state index in [9.17, 15) is 13.2 Å². The number of amides is 1. The molecule has 9 heteroatoms. The number of nitrogens with zero attached hydrogens (tertiary/aromatic N) is 1. The Morgan fingerprint density at radius 3 is 2.86 bits per heavy atom. The molecule has 0 bridgehead atoms. The molecule has 2 heterocycles.